The van der Waals surface area contributed by atoms with E-state index in [0.717, 1.165) is 19.5 Å². The van der Waals surface area contributed by atoms with E-state index in [1.165, 1.54) is 0 Å². The van der Waals surface area contributed by atoms with Gasteiger partial charge in [-0.1, -0.05) is 20.8 Å². The quantitative estimate of drug-likeness (QED) is 0.704. The summed E-state index contributed by atoms with van der Waals surface area (Å²) in [4.78, 5) is 25.1. The lowest BCUT2D eigenvalue weighted by molar-refractivity contribution is -0.141. The molecule has 1 aliphatic heterocycles. The van der Waals surface area contributed by atoms with Gasteiger partial charge in [-0.2, -0.15) is 0 Å². The van der Waals surface area contributed by atoms with E-state index in [2.05, 4.69) is 22.6 Å². The topological polar surface area (TPSA) is 81.7 Å². The molecule has 0 spiro atoms. The Morgan fingerprint density at radius 1 is 1.42 bits per heavy atom. The monoisotopic (exact) mass is 271 g/mol. The van der Waals surface area contributed by atoms with Crippen molar-refractivity contribution in [2.45, 2.75) is 33.2 Å². The van der Waals surface area contributed by atoms with Crippen LogP contribution in [-0.2, 0) is 4.79 Å². The molecule has 6 heteroatoms. The number of hydrogen-bond donors (Lipinski definition) is 3. The maximum Gasteiger partial charge on any atom is 0.326 e. The van der Waals surface area contributed by atoms with Gasteiger partial charge in [0.1, 0.15) is 6.04 Å². The minimum Gasteiger partial charge on any atom is -0.480 e. The zero-order valence-electron chi connectivity index (χ0n) is 12.2. The van der Waals surface area contributed by atoms with Gasteiger partial charge in [0, 0.05) is 13.1 Å². The van der Waals surface area contributed by atoms with E-state index in [1.54, 1.807) is 20.8 Å². The van der Waals surface area contributed by atoms with E-state index in [9.17, 15) is 9.59 Å². The van der Waals surface area contributed by atoms with E-state index in [0.29, 0.717) is 12.5 Å². The predicted molar refractivity (Wildman–Crippen MR) is 73.0 cm³/mol. The SMILES string of the molecule is CN1CCC(CNC(=O)N[C@H](C(=O)O)C(C)(C)C)C1. The number of hydrogen-bond acceptors (Lipinski definition) is 3. The van der Waals surface area contributed by atoms with E-state index >= 15 is 0 Å². The highest BCUT2D eigenvalue weighted by molar-refractivity contribution is 5.83. The number of carboxylic acid groups (broad SMARTS) is 1. The highest BCUT2D eigenvalue weighted by Gasteiger charge is 2.32. The average Bonchev–Trinajstić information content (AvgIpc) is 2.67. The van der Waals surface area contributed by atoms with Crippen LogP contribution in [-0.4, -0.2) is 54.7 Å². The van der Waals surface area contributed by atoms with Gasteiger partial charge in [-0.15, -0.1) is 0 Å². The molecule has 1 fully saturated rings. The first-order chi connectivity index (χ1) is 8.70. The van der Waals surface area contributed by atoms with Crippen molar-refractivity contribution < 1.29 is 14.7 Å². The van der Waals surface area contributed by atoms with Crippen LogP contribution < -0.4 is 10.6 Å². The third kappa shape index (κ3) is 5.06. The van der Waals surface area contributed by atoms with E-state index in [1.807, 2.05) is 0 Å². The average molecular weight is 271 g/mol. The lowest BCUT2D eigenvalue weighted by atomic mass is 9.87. The molecule has 1 unspecified atom stereocenters. The largest absolute Gasteiger partial charge is 0.480 e. The summed E-state index contributed by atoms with van der Waals surface area (Å²) < 4.78 is 0. The summed E-state index contributed by atoms with van der Waals surface area (Å²) in [6, 6.07) is -1.30. The number of nitrogens with zero attached hydrogens (tertiary/aromatic N) is 1. The summed E-state index contributed by atoms with van der Waals surface area (Å²) in [5.74, 6) is -0.558. The van der Waals surface area contributed by atoms with Crippen LogP contribution in [0.2, 0.25) is 0 Å². The number of carboxylic acids is 1. The first kappa shape index (κ1) is 15.8. The first-order valence-electron chi connectivity index (χ1n) is 6.66. The molecule has 0 aromatic rings. The summed E-state index contributed by atoms with van der Waals surface area (Å²) in [6.45, 7) is 7.98. The summed E-state index contributed by atoms with van der Waals surface area (Å²) in [5.41, 5.74) is -0.517. The number of carbonyl (C=O) groups excluding carboxylic acids is 1. The Morgan fingerprint density at radius 2 is 2.05 bits per heavy atom. The maximum atomic E-state index is 11.7. The van der Waals surface area contributed by atoms with Gasteiger partial charge >= 0.3 is 12.0 Å². The van der Waals surface area contributed by atoms with Gasteiger partial charge in [0.05, 0.1) is 0 Å². The molecule has 0 aromatic heterocycles. The van der Waals surface area contributed by atoms with Crippen molar-refractivity contribution in [3.63, 3.8) is 0 Å². The minimum absolute atomic E-state index is 0.406. The number of carbonyl (C=O) groups is 2. The molecule has 0 aliphatic carbocycles. The third-order valence-electron chi connectivity index (χ3n) is 3.43. The number of aliphatic carboxylic acids is 1. The second-order valence-electron chi connectivity index (χ2n) is 6.41. The molecule has 110 valence electrons. The highest BCUT2D eigenvalue weighted by atomic mass is 16.4. The summed E-state index contributed by atoms with van der Waals surface area (Å²) >= 11 is 0. The predicted octanol–water partition coefficient (Wildman–Crippen LogP) is 0.737. The Morgan fingerprint density at radius 3 is 2.47 bits per heavy atom. The second-order valence-corrected chi connectivity index (χ2v) is 6.41. The zero-order valence-corrected chi connectivity index (χ0v) is 12.2. The number of likely N-dealkylation sites (tertiary alicyclic amines) is 1. The van der Waals surface area contributed by atoms with Gasteiger partial charge in [0.15, 0.2) is 0 Å². The highest BCUT2D eigenvalue weighted by Crippen LogP contribution is 2.19. The molecule has 0 saturated carbocycles. The van der Waals surface area contributed by atoms with Crippen molar-refractivity contribution in [3.8, 4) is 0 Å². The number of urea groups is 1. The van der Waals surface area contributed by atoms with Crippen LogP contribution in [0.1, 0.15) is 27.2 Å². The molecule has 1 heterocycles. The normalized spacial score (nSPS) is 22.0. The Labute approximate surface area is 114 Å². The van der Waals surface area contributed by atoms with Crippen molar-refractivity contribution in [2.75, 3.05) is 26.7 Å². The lowest BCUT2D eigenvalue weighted by Crippen LogP contribution is -2.52. The van der Waals surface area contributed by atoms with Crippen molar-refractivity contribution in [3.05, 3.63) is 0 Å². The first-order valence-corrected chi connectivity index (χ1v) is 6.66. The molecule has 19 heavy (non-hydrogen) atoms. The Kier molecular flexibility index (Phi) is 5.17. The molecule has 2 amide bonds. The van der Waals surface area contributed by atoms with Crippen molar-refractivity contribution >= 4 is 12.0 Å². The Hall–Kier alpha value is -1.30. The molecule has 0 bridgehead atoms. The summed E-state index contributed by atoms with van der Waals surface area (Å²) in [5, 5.41) is 14.4. The van der Waals surface area contributed by atoms with Gasteiger partial charge in [-0.05, 0) is 31.3 Å². The molecule has 1 aliphatic rings. The van der Waals surface area contributed by atoms with Gasteiger partial charge < -0.3 is 20.6 Å². The summed E-state index contributed by atoms with van der Waals surface area (Å²) in [7, 11) is 2.06. The van der Waals surface area contributed by atoms with Crippen LogP contribution in [0.15, 0.2) is 0 Å². The van der Waals surface area contributed by atoms with E-state index in [4.69, 9.17) is 5.11 Å². The van der Waals surface area contributed by atoms with Gasteiger partial charge in [0.2, 0.25) is 0 Å². The Bertz CT molecular complexity index is 339. The third-order valence-corrected chi connectivity index (χ3v) is 3.43. The molecule has 1 saturated heterocycles. The molecule has 3 N–H and O–H groups in total. The molecule has 0 radical (unpaired) electrons. The fourth-order valence-corrected chi connectivity index (χ4v) is 2.26. The molecule has 0 aromatic carbocycles. The van der Waals surface area contributed by atoms with Crippen LogP contribution in [0.3, 0.4) is 0 Å². The zero-order chi connectivity index (χ0) is 14.6. The molecular weight excluding hydrogens is 246 g/mol. The van der Waals surface area contributed by atoms with Crippen LogP contribution in [0.25, 0.3) is 0 Å². The van der Waals surface area contributed by atoms with Crippen LogP contribution in [0.4, 0.5) is 4.79 Å². The van der Waals surface area contributed by atoms with Crippen LogP contribution in [0.5, 0.6) is 0 Å². The smallest absolute Gasteiger partial charge is 0.326 e. The van der Waals surface area contributed by atoms with Crippen LogP contribution >= 0.6 is 0 Å². The van der Waals surface area contributed by atoms with Gasteiger partial charge in [-0.25, -0.2) is 9.59 Å². The number of nitrogens with one attached hydrogen (secondary N) is 2. The summed E-state index contributed by atoms with van der Waals surface area (Å²) in [6.07, 6.45) is 1.07. The van der Waals surface area contributed by atoms with Crippen molar-refractivity contribution in [1.29, 1.82) is 0 Å². The molecular formula is C13H25N3O3. The van der Waals surface area contributed by atoms with E-state index in [-0.39, 0.29) is 0 Å². The van der Waals surface area contributed by atoms with Gasteiger partial charge in [0.25, 0.3) is 0 Å². The van der Waals surface area contributed by atoms with Crippen molar-refractivity contribution in [2.24, 2.45) is 11.3 Å². The van der Waals surface area contributed by atoms with E-state index < -0.39 is 23.5 Å². The molecule has 2 atom stereocenters. The van der Waals surface area contributed by atoms with Gasteiger partial charge in [-0.3, -0.25) is 0 Å². The number of rotatable bonds is 4. The number of amides is 2. The lowest BCUT2D eigenvalue weighted by Gasteiger charge is -2.28. The van der Waals surface area contributed by atoms with Crippen molar-refractivity contribution in [1.82, 2.24) is 15.5 Å². The minimum atomic E-state index is -1.01. The second kappa shape index (κ2) is 6.23. The molecule has 6 nitrogen and oxygen atoms in total. The molecule has 1 rings (SSSR count). The van der Waals surface area contributed by atoms with Crippen LogP contribution in [0, 0.1) is 11.3 Å². The Balaban J connectivity index is 2.39. The standard InChI is InChI=1S/C13H25N3O3/c1-13(2,3)10(11(17)18)15-12(19)14-7-9-5-6-16(4)8-9/h9-10H,5-8H2,1-4H3,(H,17,18)(H2,14,15,19)/t9?,10-/m1/s1. The fraction of sp³-hybridized carbons (Fsp3) is 0.846. The fourth-order valence-electron chi connectivity index (χ4n) is 2.26. The maximum absolute atomic E-state index is 11.7.